The van der Waals surface area contributed by atoms with Crippen LogP contribution < -0.4 is 10.1 Å². The molecule has 4 aromatic carbocycles. The van der Waals surface area contributed by atoms with Crippen LogP contribution in [-0.2, 0) is 24.2 Å². The van der Waals surface area contributed by atoms with E-state index in [-0.39, 0.29) is 11.9 Å². The first-order valence-electron chi connectivity index (χ1n) is 13.8. The van der Waals surface area contributed by atoms with Crippen molar-refractivity contribution in [3.05, 3.63) is 133 Å². The third-order valence-electron chi connectivity index (χ3n) is 7.00. The Labute approximate surface area is 236 Å². The number of benzene rings is 4. The summed E-state index contributed by atoms with van der Waals surface area (Å²) in [6.45, 7) is 7.16. The number of hydrogen-bond donors (Lipinski definition) is 1. The molecule has 0 saturated heterocycles. The van der Waals surface area contributed by atoms with E-state index < -0.39 is 0 Å². The molecule has 1 N–H and O–H groups in total. The fraction of sp³-hybridized carbons (Fsp3) is 0.200. The summed E-state index contributed by atoms with van der Waals surface area (Å²) in [4.78, 5) is 17.9. The van der Waals surface area contributed by atoms with Crippen molar-refractivity contribution >= 4 is 16.9 Å². The minimum absolute atomic E-state index is 0.0271. The molecule has 5 heteroatoms. The highest BCUT2D eigenvalue weighted by Crippen LogP contribution is 2.23. The summed E-state index contributed by atoms with van der Waals surface area (Å²) in [5.41, 5.74) is 6.40. The number of amides is 1. The third kappa shape index (κ3) is 6.49. The van der Waals surface area contributed by atoms with Gasteiger partial charge in [-0.1, -0.05) is 91.0 Å². The first kappa shape index (κ1) is 26.9. The second-order valence-corrected chi connectivity index (χ2v) is 9.94. The summed E-state index contributed by atoms with van der Waals surface area (Å²) < 4.78 is 8.32. The Hall–Kier alpha value is -4.64. The fourth-order valence-electron chi connectivity index (χ4n) is 5.02. The predicted octanol–water partition coefficient (Wildman–Crippen LogP) is 7.32. The molecule has 1 unspecified atom stereocenters. The Kier molecular flexibility index (Phi) is 8.72. The van der Waals surface area contributed by atoms with Crippen LogP contribution in [0, 0.1) is 0 Å². The van der Waals surface area contributed by atoms with Crippen LogP contribution >= 0.6 is 0 Å². The number of aryl methyl sites for hydroxylation is 1. The first-order chi connectivity index (χ1) is 19.6. The summed E-state index contributed by atoms with van der Waals surface area (Å²) in [5, 5.41) is 3.17. The molecule has 0 fully saturated rings. The molecule has 5 aromatic rings. The molecule has 5 rings (SSSR count). The number of ether oxygens (including phenoxy) is 1. The molecule has 0 aliphatic heterocycles. The molecular formula is C35H35N3O2. The normalized spacial score (nSPS) is 11.7. The number of nitrogens with one attached hydrogen (secondary N) is 1. The summed E-state index contributed by atoms with van der Waals surface area (Å²) in [7, 11) is 0. The number of imidazole rings is 1. The Morgan fingerprint density at radius 3 is 2.42 bits per heavy atom. The monoisotopic (exact) mass is 529 g/mol. The molecule has 1 aromatic heterocycles. The van der Waals surface area contributed by atoms with Crippen molar-refractivity contribution in [2.24, 2.45) is 0 Å². The standard InChI is InChI=1S/C35H35N3O2/c1-3-12-30-15-7-10-18-33(30)40-24-11-23-38-32-17-9-8-16-31(32)37-35(38)26(2)36-34(39)25-27-19-21-29(22-20-27)28-13-5-4-6-14-28/h3-10,13-22,26H,1,11-12,23-25H2,2H3,(H,36,39). The van der Waals surface area contributed by atoms with Crippen molar-refractivity contribution in [2.75, 3.05) is 6.61 Å². The molecular weight excluding hydrogens is 494 g/mol. The van der Waals surface area contributed by atoms with E-state index in [9.17, 15) is 4.79 Å². The molecule has 40 heavy (non-hydrogen) atoms. The van der Waals surface area contributed by atoms with Crippen molar-refractivity contribution in [3.63, 3.8) is 0 Å². The Bertz CT molecular complexity index is 1570. The van der Waals surface area contributed by atoms with Gasteiger partial charge in [0.1, 0.15) is 11.6 Å². The molecule has 0 aliphatic rings. The van der Waals surface area contributed by atoms with E-state index in [1.807, 2.05) is 79.7 Å². The predicted molar refractivity (Wildman–Crippen MR) is 162 cm³/mol. The van der Waals surface area contributed by atoms with Gasteiger partial charge in [0.2, 0.25) is 5.91 Å². The van der Waals surface area contributed by atoms with E-state index in [1.54, 1.807) is 0 Å². The summed E-state index contributed by atoms with van der Waals surface area (Å²) >= 11 is 0. The van der Waals surface area contributed by atoms with E-state index in [1.165, 1.54) is 0 Å². The van der Waals surface area contributed by atoms with Gasteiger partial charge in [0.15, 0.2) is 0 Å². The van der Waals surface area contributed by atoms with Crippen molar-refractivity contribution in [1.29, 1.82) is 0 Å². The van der Waals surface area contributed by atoms with E-state index in [0.29, 0.717) is 13.0 Å². The average molecular weight is 530 g/mol. The molecule has 0 radical (unpaired) electrons. The van der Waals surface area contributed by atoms with Crippen LogP contribution in [0.4, 0.5) is 0 Å². The molecule has 202 valence electrons. The number of aromatic nitrogens is 2. The van der Waals surface area contributed by atoms with Crippen molar-refractivity contribution < 1.29 is 9.53 Å². The van der Waals surface area contributed by atoms with Crippen LogP contribution in [0.2, 0.25) is 0 Å². The molecule has 0 spiro atoms. The van der Waals surface area contributed by atoms with Crippen molar-refractivity contribution in [1.82, 2.24) is 14.9 Å². The zero-order valence-corrected chi connectivity index (χ0v) is 22.9. The van der Waals surface area contributed by atoms with Crippen LogP contribution in [0.5, 0.6) is 5.75 Å². The van der Waals surface area contributed by atoms with Crippen LogP contribution in [0.3, 0.4) is 0 Å². The van der Waals surface area contributed by atoms with Crippen LogP contribution in [0.1, 0.15) is 36.3 Å². The molecule has 0 aliphatic carbocycles. The quantitative estimate of drug-likeness (QED) is 0.136. The maximum absolute atomic E-state index is 13.0. The zero-order chi connectivity index (χ0) is 27.7. The lowest BCUT2D eigenvalue weighted by Gasteiger charge is -2.17. The lowest BCUT2D eigenvalue weighted by atomic mass is 10.0. The largest absolute Gasteiger partial charge is 0.493 e. The van der Waals surface area contributed by atoms with E-state index in [0.717, 1.165) is 64.2 Å². The summed E-state index contributed by atoms with van der Waals surface area (Å²) in [6.07, 6.45) is 3.80. The SMILES string of the molecule is C=CCc1ccccc1OCCCn1c(C(C)NC(=O)Cc2ccc(-c3ccccc3)cc2)nc2ccccc21. The van der Waals surface area contributed by atoms with Gasteiger partial charge in [-0.05, 0) is 60.2 Å². The third-order valence-corrected chi connectivity index (χ3v) is 7.00. The van der Waals surface area contributed by atoms with Crippen LogP contribution in [0.25, 0.3) is 22.2 Å². The van der Waals surface area contributed by atoms with E-state index in [4.69, 9.17) is 9.72 Å². The maximum atomic E-state index is 13.0. The lowest BCUT2D eigenvalue weighted by Crippen LogP contribution is -2.30. The highest BCUT2D eigenvalue weighted by Gasteiger charge is 2.18. The van der Waals surface area contributed by atoms with Gasteiger partial charge >= 0.3 is 0 Å². The molecule has 1 atom stereocenters. The molecule has 0 saturated carbocycles. The van der Waals surface area contributed by atoms with Gasteiger partial charge in [0, 0.05) is 6.54 Å². The minimum Gasteiger partial charge on any atom is -0.493 e. The van der Waals surface area contributed by atoms with Gasteiger partial charge in [0.25, 0.3) is 0 Å². The number of fused-ring (bicyclic) bond motifs is 1. The van der Waals surface area contributed by atoms with Gasteiger partial charge in [-0.3, -0.25) is 4.79 Å². The van der Waals surface area contributed by atoms with Crippen LogP contribution in [0.15, 0.2) is 116 Å². The number of para-hydroxylation sites is 3. The number of nitrogens with zero attached hydrogens (tertiary/aromatic N) is 2. The van der Waals surface area contributed by atoms with Crippen LogP contribution in [-0.4, -0.2) is 22.1 Å². The number of rotatable bonds is 12. The summed E-state index contributed by atoms with van der Waals surface area (Å²) in [5.74, 6) is 1.72. The highest BCUT2D eigenvalue weighted by molar-refractivity contribution is 5.80. The van der Waals surface area contributed by atoms with Gasteiger partial charge in [-0.15, -0.1) is 6.58 Å². The maximum Gasteiger partial charge on any atom is 0.224 e. The summed E-state index contributed by atoms with van der Waals surface area (Å²) in [6, 6.07) is 34.4. The van der Waals surface area contributed by atoms with Crippen molar-refractivity contribution in [2.45, 2.75) is 38.8 Å². The Morgan fingerprint density at radius 2 is 1.62 bits per heavy atom. The number of allylic oxidation sites excluding steroid dienone is 1. The average Bonchev–Trinajstić information content (AvgIpc) is 3.36. The smallest absolute Gasteiger partial charge is 0.224 e. The molecule has 0 bridgehead atoms. The molecule has 5 nitrogen and oxygen atoms in total. The number of carbonyl (C=O) groups excluding carboxylic acids is 1. The second kappa shape index (κ2) is 12.9. The van der Waals surface area contributed by atoms with Gasteiger partial charge < -0.3 is 14.6 Å². The van der Waals surface area contributed by atoms with Crippen molar-refractivity contribution in [3.8, 4) is 16.9 Å². The first-order valence-corrected chi connectivity index (χ1v) is 13.8. The highest BCUT2D eigenvalue weighted by atomic mass is 16.5. The second-order valence-electron chi connectivity index (χ2n) is 9.94. The minimum atomic E-state index is -0.238. The number of carbonyl (C=O) groups is 1. The zero-order valence-electron chi connectivity index (χ0n) is 22.9. The number of hydrogen-bond acceptors (Lipinski definition) is 3. The van der Waals surface area contributed by atoms with Gasteiger partial charge in [-0.2, -0.15) is 0 Å². The van der Waals surface area contributed by atoms with E-state index >= 15 is 0 Å². The Balaban J connectivity index is 1.23. The topological polar surface area (TPSA) is 56.1 Å². The van der Waals surface area contributed by atoms with Gasteiger partial charge in [0.05, 0.1) is 30.1 Å². The van der Waals surface area contributed by atoms with Gasteiger partial charge in [-0.25, -0.2) is 4.98 Å². The molecule has 1 amide bonds. The Morgan fingerprint density at radius 1 is 0.925 bits per heavy atom. The molecule has 1 heterocycles. The fourth-order valence-corrected chi connectivity index (χ4v) is 5.02. The lowest BCUT2D eigenvalue weighted by molar-refractivity contribution is -0.121. The van der Waals surface area contributed by atoms with E-state index in [2.05, 4.69) is 52.9 Å².